The van der Waals surface area contributed by atoms with Gasteiger partial charge in [0.15, 0.2) is 5.88 Å². The van der Waals surface area contributed by atoms with Gasteiger partial charge in [0, 0.05) is 5.70 Å². The van der Waals surface area contributed by atoms with E-state index in [1.165, 1.54) is 18.4 Å². The van der Waals surface area contributed by atoms with Gasteiger partial charge in [0.1, 0.15) is 0 Å². The Morgan fingerprint density at radius 1 is 1.38 bits per heavy atom. The van der Waals surface area contributed by atoms with Crippen molar-refractivity contribution in [3.8, 4) is 0 Å². The molecule has 3 nitrogen and oxygen atoms in total. The van der Waals surface area contributed by atoms with E-state index in [1.54, 1.807) is 0 Å². The molecule has 3 heteroatoms. The number of ether oxygens (including phenoxy) is 1. The molecule has 16 heavy (non-hydrogen) atoms. The summed E-state index contributed by atoms with van der Waals surface area (Å²) in [7, 11) is 0. The number of allylic oxidation sites excluding steroid dienone is 2. The van der Waals surface area contributed by atoms with Crippen LogP contribution in [0.3, 0.4) is 0 Å². The molecule has 1 saturated carbocycles. The summed E-state index contributed by atoms with van der Waals surface area (Å²) in [6.45, 7) is 6.46. The average molecular weight is 222 g/mol. The summed E-state index contributed by atoms with van der Waals surface area (Å²) in [6, 6.07) is 0. The van der Waals surface area contributed by atoms with Crippen LogP contribution in [0.15, 0.2) is 23.7 Å². The molecule has 0 spiro atoms. The summed E-state index contributed by atoms with van der Waals surface area (Å²) < 4.78 is 5.33. The Kier molecular flexibility index (Phi) is 3.13. The van der Waals surface area contributed by atoms with E-state index in [9.17, 15) is 0 Å². The van der Waals surface area contributed by atoms with Gasteiger partial charge in [-0.1, -0.05) is 5.57 Å². The van der Waals surface area contributed by atoms with Crippen LogP contribution in [0.1, 0.15) is 32.6 Å². The van der Waals surface area contributed by atoms with Gasteiger partial charge < -0.3 is 16.2 Å². The largest absolute Gasteiger partial charge is 0.480 e. The van der Waals surface area contributed by atoms with Crippen molar-refractivity contribution in [2.75, 3.05) is 6.61 Å². The number of hydrogen-bond acceptors (Lipinski definition) is 3. The third kappa shape index (κ3) is 2.34. The van der Waals surface area contributed by atoms with Gasteiger partial charge in [-0.3, -0.25) is 0 Å². The van der Waals surface area contributed by atoms with Crippen LogP contribution in [0.5, 0.6) is 0 Å². The minimum Gasteiger partial charge on any atom is -0.480 e. The molecule has 0 saturated heterocycles. The summed E-state index contributed by atoms with van der Waals surface area (Å²) in [5, 5.41) is 0. The van der Waals surface area contributed by atoms with Crippen LogP contribution in [0.4, 0.5) is 0 Å². The molecular formula is C13H22N2O. The molecule has 2 rings (SSSR count). The second-order valence-corrected chi connectivity index (χ2v) is 5.15. The molecule has 0 aliphatic heterocycles. The normalized spacial score (nSPS) is 38.2. The van der Waals surface area contributed by atoms with Crippen LogP contribution in [0, 0.1) is 17.8 Å². The maximum atomic E-state index is 6.01. The van der Waals surface area contributed by atoms with Gasteiger partial charge in [-0.25, -0.2) is 0 Å². The van der Waals surface area contributed by atoms with Crippen LogP contribution in [-0.2, 0) is 4.74 Å². The van der Waals surface area contributed by atoms with Crippen molar-refractivity contribution in [2.45, 2.75) is 32.6 Å². The quantitative estimate of drug-likeness (QED) is 0.719. The van der Waals surface area contributed by atoms with Crippen LogP contribution >= 0.6 is 0 Å². The Bertz CT molecular complexity index is 300. The predicted molar refractivity (Wildman–Crippen MR) is 65.1 cm³/mol. The first kappa shape index (κ1) is 11.4. The molecule has 1 fully saturated rings. The lowest BCUT2D eigenvalue weighted by Crippen LogP contribution is -2.05. The van der Waals surface area contributed by atoms with Crippen molar-refractivity contribution in [3.63, 3.8) is 0 Å². The van der Waals surface area contributed by atoms with E-state index < -0.39 is 0 Å². The zero-order valence-corrected chi connectivity index (χ0v) is 10.0. The maximum absolute atomic E-state index is 6.01. The lowest BCUT2D eigenvalue weighted by molar-refractivity contribution is 0.188. The minimum atomic E-state index is 0.341. The van der Waals surface area contributed by atoms with Crippen molar-refractivity contribution < 1.29 is 4.74 Å². The molecule has 0 radical (unpaired) electrons. The van der Waals surface area contributed by atoms with Crippen molar-refractivity contribution in [2.24, 2.45) is 29.2 Å². The van der Waals surface area contributed by atoms with Crippen molar-refractivity contribution in [1.29, 1.82) is 0 Å². The Morgan fingerprint density at radius 3 is 2.62 bits per heavy atom. The molecule has 3 atom stereocenters. The highest BCUT2D eigenvalue weighted by atomic mass is 16.5. The average Bonchev–Trinajstić information content (AvgIpc) is 2.89. The summed E-state index contributed by atoms with van der Waals surface area (Å²) in [5.41, 5.74) is 13.9. The third-order valence-electron chi connectivity index (χ3n) is 4.12. The molecule has 2 unspecified atom stereocenters. The topological polar surface area (TPSA) is 61.3 Å². The van der Waals surface area contributed by atoms with Crippen LogP contribution in [-0.4, -0.2) is 6.61 Å². The summed E-state index contributed by atoms with van der Waals surface area (Å²) >= 11 is 0. The van der Waals surface area contributed by atoms with Gasteiger partial charge >= 0.3 is 0 Å². The molecule has 0 aromatic heterocycles. The molecule has 0 heterocycles. The van der Waals surface area contributed by atoms with Gasteiger partial charge in [-0.2, -0.15) is 0 Å². The molecular weight excluding hydrogens is 200 g/mol. The number of hydrogen-bond donors (Lipinski definition) is 2. The number of nitrogens with two attached hydrogens (primary N) is 2. The van der Waals surface area contributed by atoms with Gasteiger partial charge in [-0.05, 0) is 56.9 Å². The molecule has 2 aliphatic carbocycles. The Morgan fingerprint density at radius 2 is 2.00 bits per heavy atom. The highest BCUT2D eigenvalue weighted by Crippen LogP contribution is 2.53. The third-order valence-corrected chi connectivity index (χ3v) is 4.12. The van der Waals surface area contributed by atoms with Gasteiger partial charge in [0.2, 0.25) is 0 Å². The predicted octanol–water partition coefficient (Wildman–Crippen LogP) is 2.10. The first-order valence-electron chi connectivity index (χ1n) is 6.11. The molecule has 0 amide bonds. The highest BCUT2D eigenvalue weighted by Gasteiger charge is 2.49. The molecule has 0 aromatic rings. The van der Waals surface area contributed by atoms with Crippen molar-refractivity contribution in [3.05, 3.63) is 23.7 Å². The zero-order valence-electron chi connectivity index (χ0n) is 10.0. The summed E-state index contributed by atoms with van der Waals surface area (Å²) in [5.74, 6) is 2.64. The lowest BCUT2D eigenvalue weighted by Gasteiger charge is -2.10. The minimum absolute atomic E-state index is 0.341. The van der Waals surface area contributed by atoms with E-state index in [1.807, 2.05) is 0 Å². The van der Waals surface area contributed by atoms with E-state index in [0.29, 0.717) is 11.8 Å². The molecule has 4 N–H and O–H groups in total. The zero-order chi connectivity index (χ0) is 11.7. The Labute approximate surface area is 97.5 Å². The fraction of sp³-hybridized carbons (Fsp3) is 0.692. The van der Waals surface area contributed by atoms with E-state index >= 15 is 0 Å². The van der Waals surface area contributed by atoms with Gasteiger partial charge in [-0.15, -0.1) is 0 Å². The highest BCUT2D eigenvalue weighted by molar-refractivity contribution is 5.13. The maximum Gasteiger partial charge on any atom is 0.176 e. The fourth-order valence-electron chi connectivity index (χ4n) is 2.91. The second kappa shape index (κ2) is 4.40. The van der Waals surface area contributed by atoms with Crippen LogP contribution in [0.2, 0.25) is 0 Å². The molecule has 90 valence electrons. The fourth-order valence-corrected chi connectivity index (χ4v) is 2.91. The van der Waals surface area contributed by atoms with E-state index in [2.05, 4.69) is 13.5 Å². The number of rotatable bonds is 3. The van der Waals surface area contributed by atoms with Crippen molar-refractivity contribution in [1.82, 2.24) is 0 Å². The van der Waals surface area contributed by atoms with Crippen LogP contribution in [0.25, 0.3) is 0 Å². The van der Waals surface area contributed by atoms with Gasteiger partial charge in [0.25, 0.3) is 0 Å². The van der Waals surface area contributed by atoms with E-state index in [4.69, 9.17) is 16.2 Å². The monoisotopic (exact) mass is 222 g/mol. The summed E-state index contributed by atoms with van der Waals surface area (Å²) in [6.07, 6.45) is 4.65. The SMILES string of the molecule is C=C(N)OC[C@H]1C2CC/C(C)=C(/N)CCC21. The Hall–Kier alpha value is -1.12. The smallest absolute Gasteiger partial charge is 0.176 e. The second-order valence-electron chi connectivity index (χ2n) is 5.15. The van der Waals surface area contributed by atoms with E-state index in [0.717, 1.165) is 37.0 Å². The first-order chi connectivity index (χ1) is 7.59. The first-order valence-corrected chi connectivity index (χ1v) is 6.11. The van der Waals surface area contributed by atoms with E-state index in [-0.39, 0.29) is 0 Å². The Balaban J connectivity index is 1.86. The standard InChI is InChI=1S/C13H22N2O/c1-8-3-4-10-11(5-6-13(8)15)12(10)7-16-9(2)14/h10-12H,2-7,14-15H2,1H3/b13-8+/t10?,11?,12-/m0/s1. The molecule has 2 aliphatic rings. The number of fused-ring (bicyclic) bond motifs is 1. The molecule has 0 aromatic carbocycles. The molecule has 0 bridgehead atoms. The van der Waals surface area contributed by atoms with Crippen LogP contribution < -0.4 is 11.5 Å². The van der Waals surface area contributed by atoms with Crippen molar-refractivity contribution >= 4 is 0 Å². The summed E-state index contributed by atoms with van der Waals surface area (Å²) in [4.78, 5) is 0. The van der Waals surface area contributed by atoms with Gasteiger partial charge in [0.05, 0.1) is 6.61 Å². The lowest BCUT2D eigenvalue weighted by atomic mass is 9.99.